The van der Waals surface area contributed by atoms with E-state index in [2.05, 4.69) is 4.98 Å². The first kappa shape index (κ1) is 17.1. The predicted molar refractivity (Wildman–Crippen MR) is 90.9 cm³/mol. The smallest absolute Gasteiger partial charge is 0.253 e. The van der Waals surface area contributed by atoms with Crippen molar-refractivity contribution < 1.29 is 9.53 Å². The van der Waals surface area contributed by atoms with Crippen LogP contribution >= 0.6 is 0 Å². The van der Waals surface area contributed by atoms with Gasteiger partial charge in [0.15, 0.2) is 0 Å². The van der Waals surface area contributed by atoms with Crippen molar-refractivity contribution in [3.8, 4) is 0 Å². The summed E-state index contributed by atoms with van der Waals surface area (Å²) >= 11 is 0. The number of nitrogens with zero attached hydrogens (tertiary/aromatic N) is 3. The number of aromatic nitrogens is 2. The van der Waals surface area contributed by atoms with Crippen LogP contribution in [0.1, 0.15) is 51.1 Å². The number of carbonyl (C=O) groups excluding carboxylic acids is 1. The highest BCUT2D eigenvalue weighted by Crippen LogP contribution is 2.22. The Kier molecular flexibility index (Phi) is 5.33. The normalized spacial score (nSPS) is 22.3. The Morgan fingerprint density at radius 1 is 1.33 bits per heavy atom. The number of rotatable bonds is 4. The molecule has 6 nitrogen and oxygen atoms in total. The van der Waals surface area contributed by atoms with E-state index in [0.717, 1.165) is 44.5 Å². The maximum atomic E-state index is 12.4. The molecular weight excluding hydrogens is 306 g/mol. The van der Waals surface area contributed by atoms with E-state index in [0.29, 0.717) is 19.1 Å². The molecule has 0 bridgehead atoms. The van der Waals surface area contributed by atoms with Gasteiger partial charge in [0.05, 0.1) is 12.0 Å². The van der Waals surface area contributed by atoms with Crippen molar-refractivity contribution in [2.24, 2.45) is 5.92 Å². The Hall–Kier alpha value is -1.69. The van der Waals surface area contributed by atoms with Gasteiger partial charge in [0.25, 0.3) is 11.5 Å². The Bertz CT molecular complexity index is 627. The molecule has 3 heterocycles. The largest absolute Gasteiger partial charge is 0.368 e. The van der Waals surface area contributed by atoms with Crippen LogP contribution in [-0.2, 0) is 16.1 Å². The molecule has 0 N–H and O–H groups in total. The third-order valence-corrected chi connectivity index (χ3v) is 5.08. The summed E-state index contributed by atoms with van der Waals surface area (Å²) in [6.45, 7) is 6.98. The maximum Gasteiger partial charge on any atom is 0.253 e. The lowest BCUT2D eigenvalue weighted by atomic mass is 9.96. The van der Waals surface area contributed by atoms with Gasteiger partial charge in [-0.1, -0.05) is 13.8 Å². The molecule has 132 valence electrons. The summed E-state index contributed by atoms with van der Waals surface area (Å²) in [5.41, 5.74) is 0.861. The lowest BCUT2D eigenvalue weighted by molar-refractivity contribution is -0.142. The quantitative estimate of drug-likeness (QED) is 0.842. The zero-order chi connectivity index (χ0) is 17.1. The molecule has 2 saturated heterocycles. The summed E-state index contributed by atoms with van der Waals surface area (Å²) in [4.78, 5) is 30.9. The van der Waals surface area contributed by atoms with Crippen molar-refractivity contribution in [2.45, 2.75) is 58.1 Å². The minimum atomic E-state index is -0.225. The second-order valence-electron chi connectivity index (χ2n) is 7.23. The number of likely N-dealkylation sites (tertiary alicyclic amines) is 1. The SMILES string of the molecule is CC(C)c1cc(=O)n(CC2CCN(C(=O)C3CCCO3)CC2)cn1. The molecule has 0 spiro atoms. The Balaban J connectivity index is 1.54. The van der Waals surface area contributed by atoms with Gasteiger partial charge in [0.2, 0.25) is 0 Å². The van der Waals surface area contributed by atoms with Gasteiger partial charge >= 0.3 is 0 Å². The van der Waals surface area contributed by atoms with Crippen LogP contribution < -0.4 is 5.56 Å². The van der Waals surface area contributed by atoms with Crippen molar-refractivity contribution >= 4 is 5.91 Å². The average molecular weight is 333 g/mol. The average Bonchev–Trinajstić information content (AvgIpc) is 3.11. The lowest BCUT2D eigenvalue weighted by Crippen LogP contribution is -2.44. The second-order valence-corrected chi connectivity index (χ2v) is 7.23. The zero-order valence-corrected chi connectivity index (χ0v) is 14.6. The van der Waals surface area contributed by atoms with E-state index in [1.807, 2.05) is 18.7 Å². The molecule has 1 aromatic heterocycles. The monoisotopic (exact) mass is 333 g/mol. The molecule has 0 saturated carbocycles. The fraction of sp³-hybridized carbons (Fsp3) is 0.722. The lowest BCUT2D eigenvalue weighted by Gasteiger charge is -2.33. The van der Waals surface area contributed by atoms with Crippen LogP contribution in [0.25, 0.3) is 0 Å². The van der Waals surface area contributed by atoms with Crippen molar-refractivity contribution in [3.63, 3.8) is 0 Å². The van der Waals surface area contributed by atoms with Crippen LogP contribution in [0.4, 0.5) is 0 Å². The highest BCUT2D eigenvalue weighted by molar-refractivity contribution is 5.81. The first-order chi connectivity index (χ1) is 11.5. The number of hydrogen-bond acceptors (Lipinski definition) is 4. The van der Waals surface area contributed by atoms with E-state index in [1.165, 1.54) is 0 Å². The summed E-state index contributed by atoms with van der Waals surface area (Å²) in [5, 5.41) is 0. The van der Waals surface area contributed by atoms with E-state index in [-0.39, 0.29) is 23.5 Å². The topological polar surface area (TPSA) is 64.4 Å². The molecule has 6 heteroatoms. The molecule has 1 unspecified atom stereocenters. The summed E-state index contributed by atoms with van der Waals surface area (Å²) < 4.78 is 7.19. The van der Waals surface area contributed by atoms with Gasteiger partial charge in [0.1, 0.15) is 6.10 Å². The third kappa shape index (κ3) is 3.86. The Morgan fingerprint density at radius 2 is 2.08 bits per heavy atom. The fourth-order valence-corrected chi connectivity index (χ4v) is 3.48. The van der Waals surface area contributed by atoms with Crippen molar-refractivity contribution in [1.82, 2.24) is 14.5 Å². The maximum absolute atomic E-state index is 12.4. The van der Waals surface area contributed by atoms with Crippen LogP contribution in [0.2, 0.25) is 0 Å². The van der Waals surface area contributed by atoms with Gasteiger partial charge in [-0.05, 0) is 37.5 Å². The van der Waals surface area contributed by atoms with Gasteiger partial charge < -0.3 is 9.64 Å². The third-order valence-electron chi connectivity index (χ3n) is 5.08. The van der Waals surface area contributed by atoms with Gasteiger partial charge in [-0.2, -0.15) is 0 Å². The Labute approximate surface area is 142 Å². The molecule has 0 radical (unpaired) electrons. The molecule has 0 aliphatic carbocycles. The van der Waals surface area contributed by atoms with Gasteiger partial charge in [0, 0.05) is 32.3 Å². The predicted octanol–water partition coefficient (Wildman–Crippen LogP) is 1.78. The number of ether oxygens (including phenoxy) is 1. The summed E-state index contributed by atoms with van der Waals surface area (Å²) in [6, 6.07) is 1.64. The van der Waals surface area contributed by atoms with Crippen LogP contribution in [0.3, 0.4) is 0 Å². The van der Waals surface area contributed by atoms with E-state index in [9.17, 15) is 9.59 Å². The van der Waals surface area contributed by atoms with Crippen molar-refractivity contribution in [3.05, 3.63) is 28.4 Å². The summed E-state index contributed by atoms with van der Waals surface area (Å²) in [5.74, 6) is 0.827. The molecule has 2 fully saturated rings. The van der Waals surface area contributed by atoms with Crippen LogP contribution in [0.15, 0.2) is 17.2 Å². The van der Waals surface area contributed by atoms with E-state index < -0.39 is 0 Å². The number of hydrogen-bond donors (Lipinski definition) is 0. The van der Waals surface area contributed by atoms with Crippen LogP contribution in [-0.4, -0.2) is 46.2 Å². The Morgan fingerprint density at radius 3 is 2.67 bits per heavy atom. The fourth-order valence-electron chi connectivity index (χ4n) is 3.48. The zero-order valence-electron chi connectivity index (χ0n) is 14.6. The summed E-state index contributed by atoms with van der Waals surface area (Å²) in [7, 11) is 0. The van der Waals surface area contributed by atoms with Crippen molar-refractivity contribution in [1.29, 1.82) is 0 Å². The molecule has 1 amide bonds. The number of piperidine rings is 1. The first-order valence-corrected chi connectivity index (χ1v) is 9.01. The molecule has 3 rings (SSSR count). The minimum Gasteiger partial charge on any atom is -0.368 e. The number of carbonyl (C=O) groups is 1. The molecule has 1 aromatic rings. The second kappa shape index (κ2) is 7.47. The van der Waals surface area contributed by atoms with Crippen LogP contribution in [0, 0.1) is 5.92 Å². The molecular formula is C18H27N3O3. The van der Waals surface area contributed by atoms with E-state index in [1.54, 1.807) is 17.0 Å². The van der Waals surface area contributed by atoms with E-state index in [4.69, 9.17) is 4.74 Å². The summed E-state index contributed by atoms with van der Waals surface area (Å²) in [6.07, 6.45) is 5.13. The van der Waals surface area contributed by atoms with Crippen LogP contribution in [0.5, 0.6) is 0 Å². The minimum absolute atomic E-state index is 0.0200. The molecule has 2 aliphatic rings. The van der Waals surface area contributed by atoms with Gasteiger partial charge in [-0.15, -0.1) is 0 Å². The molecule has 1 atom stereocenters. The van der Waals surface area contributed by atoms with E-state index >= 15 is 0 Å². The molecule has 24 heavy (non-hydrogen) atoms. The van der Waals surface area contributed by atoms with Crippen molar-refractivity contribution in [2.75, 3.05) is 19.7 Å². The van der Waals surface area contributed by atoms with Gasteiger partial charge in [-0.25, -0.2) is 4.98 Å². The molecule has 2 aliphatic heterocycles. The highest BCUT2D eigenvalue weighted by Gasteiger charge is 2.30. The number of amides is 1. The standard InChI is InChI=1S/C18H27N3O3/c1-13(2)15-10-17(22)21(12-19-15)11-14-5-7-20(8-6-14)18(23)16-4-3-9-24-16/h10,12-14,16H,3-9,11H2,1-2H3. The first-order valence-electron chi connectivity index (χ1n) is 9.01. The molecule has 0 aromatic carbocycles. The highest BCUT2D eigenvalue weighted by atomic mass is 16.5. The van der Waals surface area contributed by atoms with Gasteiger partial charge in [-0.3, -0.25) is 14.2 Å².